The Labute approximate surface area is 132 Å². The van der Waals surface area contributed by atoms with Crippen molar-refractivity contribution < 1.29 is 0 Å². The fraction of sp³-hybridized carbons (Fsp3) is 0.357. The van der Waals surface area contributed by atoms with E-state index in [0.29, 0.717) is 5.02 Å². The third kappa shape index (κ3) is 3.30. The van der Waals surface area contributed by atoms with Gasteiger partial charge >= 0.3 is 0 Å². The first kappa shape index (κ1) is 14.8. The van der Waals surface area contributed by atoms with Crippen molar-refractivity contribution in [1.82, 2.24) is 15.1 Å². The second-order valence-electron chi connectivity index (χ2n) is 4.41. The van der Waals surface area contributed by atoms with Crippen LogP contribution in [0, 0.1) is 3.57 Å². The molecule has 0 saturated carbocycles. The second-order valence-corrected chi connectivity index (χ2v) is 5.98. The van der Waals surface area contributed by atoms with Gasteiger partial charge in [-0.1, -0.05) is 36.7 Å². The minimum atomic E-state index is 0.0769. The Morgan fingerprint density at radius 3 is 2.74 bits per heavy atom. The van der Waals surface area contributed by atoms with Crippen molar-refractivity contribution >= 4 is 34.2 Å². The Morgan fingerprint density at radius 1 is 1.42 bits per heavy atom. The van der Waals surface area contributed by atoms with Gasteiger partial charge in [-0.15, -0.1) is 0 Å². The largest absolute Gasteiger partial charge is 0.305 e. The molecule has 1 aromatic heterocycles. The average Bonchev–Trinajstić information content (AvgIpc) is 2.73. The smallest absolute Gasteiger partial charge is 0.0837 e. The molecule has 0 aliphatic rings. The summed E-state index contributed by atoms with van der Waals surface area (Å²) in [6.07, 6.45) is 2.78. The Bertz CT molecular complexity index is 534. The second kappa shape index (κ2) is 6.72. The van der Waals surface area contributed by atoms with Crippen LogP contribution in [-0.4, -0.2) is 16.3 Å². The number of rotatable bonds is 5. The maximum Gasteiger partial charge on any atom is 0.0837 e. The van der Waals surface area contributed by atoms with Gasteiger partial charge in [-0.3, -0.25) is 4.68 Å². The Balaban J connectivity index is 2.45. The van der Waals surface area contributed by atoms with Crippen molar-refractivity contribution in [2.45, 2.75) is 19.4 Å². The summed E-state index contributed by atoms with van der Waals surface area (Å²) >= 11 is 8.66. The minimum absolute atomic E-state index is 0.0769. The van der Waals surface area contributed by atoms with E-state index in [4.69, 9.17) is 11.6 Å². The number of nitrogens with zero attached hydrogens (tertiary/aromatic N) is 2. The predicted molar refractivity (Wildman–Crippen MR) is 87.5 cm³/mol. The Kier molecular flexibility index (Phi) is 5.24. The molecule has 0 aliphatic carbocycles. The van der Waals surface area contributed by atoms with Gasteiger partial charge in [-0.05, 0) is 47.2 Å². The summed E-state index contributed by atoms with van der Waals surface area (Å²) in [7, 11) is 1.93. The van der Waals surface area contributed by atoms with Gasteiger partial charge in [0.05, 0.1) is 23.0 Å². The highest BCUT2D eigenvalue weighted by Gasteiger charge is 2.21. The van der Waals surface area contributed by atoms with Crippen molar-refractivity contribution in [1.29, 1.82) is 0 Å². The number of hydrogen-bond donors (Lipinski definition) is 1. The van der Waals surface area contributed by atoms with E-state index < -0.39 is 0 Å². The topological polar surface area (TPSA) is 29.9 Å². The quantitative estimate of drug-likeness (QED) is 0.789. The molecule has 2 rings (SSSR count). The number of benzene rings is 1. The molecule has 1 aromatic carbocycles. The van der Waals surface area contributed by atoms with Crippen LogP contribution in [0.3, 0.4) is 0 Å². The number of aromatic nitrogens is 2. The van der Waals surface area contributed by atoms with Crippen LogP contribution in [0.25, 0.3) is 0 Å². The SMILES string of the molecule is CCCNC(c1ccccc1I)c1c(Cl)cnn1C. The highest BCUT2D eigenvalue weighted by Crippen LogP contribution is 2.30. The molecule has 0 saturated heterocycles. The molecule has 3 nitrogen and oxygen atoms in total. The lowest BCUT2D eigenvalue weighted by Gasteiger charge is -2.21. The Morgan fingerprint density at radius 2 is 2.16 bits per heavy atom. The lowest BCUT2D eigenvalue weighted by atomic mass is 10.0. The maximum atomic E-state index is 6.30. The van der Waals surface area contributed by atoms with Gasteiger partial charge in [0.25, 0.3) is 0 Å². The van der Waals surface area contributed by atoms with Gasteiger partial charge in [-0.25, -0.2) is 0 Å². The van der Waals surface area contributed by atoms with E-state index in [2.05, 4.69) is 58.1 Å². The molecular weight excluding hydrogens is 373 g/mol. The molecule has 19 heavy (non-hydrogen) atoms. The van der Waals surface area contributed by atoms with E-state index in [9.17, 15) is 0 Å². The van der Waals surface area contributed by atoms with Crippen molar-refractivity contribution in [2.75, 3.05) is 6.54 Å². The first-order valence-electron chi connectivity index (χ1n) is 6.30. The minimum Gasteiger partial charge on any atom is -0.305 e. The average molecular weight is 390 g/mol. The van der Waals surface area contributed by atoms with Crippen molar-refractivity contribution in [3.05, 3.63) is 50.3 Å². The zero-order chi connectivity index (χ0) is 13.8. The highest BCUT2D eigenvalue weighted by molar-refractivity contribution is 14.1. The van der Waals surface area contributed by atoms with Crippen LogP contribution in [0.15, 0.2) is 30.5 Å². The standard InChI is InChI=1S/C14H17ClIN3/c1-3-8-17-13(10-6-4-5-7-12(10)16)14-11(15)9-18-19(14)2/h4-7,9,13,17H,3,8H2,1-2H3. The molecular formula is C14H17ClIN3. The molecule has 102 valence electrons. The number of hydrogen-bond acceptors (Lipinski definition) is 2. The maximum absolute atomic E-state index is 6.30. The van der Waals surface area contributed by atoms with Crippen LogP contribution in [0.4, 0.5) is 0 Å². The molecule has 2 aromatic rings. The highest BCUT2D eigenvalue weighted by atomic mass is 127. The van der Waals surface area contributed by atoms with Gasteiger partial charge in [0.2, 0.25) is 0 Å². The van der Waals surface area contributed by atoms with Crippen molar-refractivity contribution in [2.24, 2.45) is 7.05 Å². The van der Waals surface area contributed by atoms with Crippen LogP contribution in [0.5, 0.6) is 0 Å². The third-order valence-electron chi connectivity index (χ3n) is 3.03. The van der Waals surface area contributed by atoms with Crippen LogP contribution in [0.2, 0.25) is 5.02 Å². The van der Waals surface area contributed by atoms with Gasteiger partial charge in [-0.2, -0.15) is 5.10 Å². The van der Waals surface area contributed by atoms with Gasteiger partial charge in [0, 0.05) is 10.6 Å². The van der Waals surface area contributed by atoms with Crippen molar-refractivity contribution in [3.8, 4) is 0 Å². The molecule has 0 aliphatic heterocycles. The molecule has 1 unspecified atom stereocenters. The van der Waals surface area contributed by atoms with E-state index in [1.54, 1.807) is 6.20 Å². The molecule has 0 spiro atoms. The van der Waals surface area contributed by atoms with Crippen LogP contribution >= 0.6 is 34.2 Å². The van der Waals surface area contributed by atoms with Crippen molar-refractivity contribution in [3.63, 3.8) is 0 Å². The van der Waals surface area contributed by atoms with Crippen LogP contribution in [0.1, 0.15) is 30.6 Å². The summed E-state index contributed by atoms with van der Waals surface area (Å²) in [4.78, 5) is 0. The van der Waals surface area contributed by atoms with Gasteiger partial charge in [0.1, 0.15) is 0 Å². The zero-order valence-corrected chi connectivity index (χ0v) is 13.9. The summed E-state index contributed by atoms with van der Waals surface area (Å²) in [5.41, 5.74) is 2.25. The summed E-state index contributed by atoms with van der Waals surface area (Å²) in [6.45, 7) is 3.10. The summed E-state index contributed by atoms with van der Waals surface area (Å²) in [5.74, 6) is 0. The van der Waals surface area contributed by atoms with Crippen LogP contribution in [-0.2, 0) is 7.05 Å². The molecule has 0 bridgehead atoms. The van der Waals surface area contributed by atoms with E-state index >= 15 is 0 Å². The summed E-state index contributed by atoms with van der Waals surface area (Å²) < 4.78 is 3.07. The van der Waals surface area contributed by atoms with E-state index in [0.717, 1.165) is 18.7 Å². The molecule has 1 atom stereocenters. The zero-order valence-electron chi connectivity index (χ0n) is 11.0. The molecule has 1 heterocycles. The fourth-order valence-electron chi connectivity index (χ4n) is 2.10. The number of nitrogens with one attached hydrogen (secondary N) is 1. The fourth-order valence-corrected chi connectivity index (χ4v) is 3.07. The molecule has 0 radical (unpaired) electrons. The number of halogens is 2. The lowest BCUT2D eigenvalue weighted by Crippen LogP contribution is -2.26. The summed E-state index contributed by atoms with van der Waals surface area (Å²) in [5, 5.41) is 8.51. The Hall–Kier alpha value is -0.590. The monoisotopic (exact) mass is 389 g/mol. The third-order valence-corrected chi connectivity index (χ3v) is 4.30. The first-order valence-corrected chi connectivity index (χ1v) is 7.76. The van der Waals surface area contributed by atoms with E-state index in [-0.39, 0.29) is 6.04 Å². The molecule has 5 heteroatoms. The lowest BCUT2D eigenvalue weighted by molar-refractivity contribution is 0.552. The number of aryl methyl sites for hydroxylation is 1. The molecule has 1 N–H and O–H groups in total. The van der Waals surface area contributed by atoms with E-state index in [1.807, 2.05) is 17.8 Å². The summed E-state index contributed by atoms with van der Waals surface area (Å²) in [6, 6.07) is 8.43. The van der Waals surface area contributed by atoms with E-state index in [1.165, 1.54) is 9.13 Å². The van der Waals surface area contributed by atoms with Gasteiger partial charge < -0.3 is 5.32 Å². The predicted octanol–water partition coefficient (Wildman–Crippen LogP) is 3.77. The normalized spacial score (nSPS) is 12.6. The van der Waals surface area contributed by atoms with Gasteiger partial charge in [0.15, 0.2) is 0 Å². The molecule has 0 amide bonds. The first-order chi connectivity index (χ1) is 9.15. The molecule has 0 fully saturated rings. The van der Waals surface area contributed by atoms with Crippen LogP contribution < -0.4 is 5.32 Å².